The second kappa shape index (κ2) is 9.34. The molecule has 1 aliphatic heterocycles. The molecule has 1 N–H and O–H groups in total. The number of ether oxygens (including phenoxy) is 2. The molecule has 6 nitrogen and oxygen atoms in total. The summed E-state index contributed by atoms with van der Waals surface area (Å²) in [5, 5.41) is 0.351. The predicted octanol–water partition coefficient (Wildman–Crippen LogP) is 3.69. The van der Waals surface area contributed by atoms with Crippen LogP contribution in [-0.2, 0) is 16.6 Å². The van der Waals surface area contributed by atoms with Crippen molar-refractivity contribution in [3.63, 3.8) is 0 Å². The van der Waals surface area contributed by atoms with E-state index in [4.69, 9.17) is 21.1 Å². The van der Waals surface area contributed by atoms with E-state index in [1.54, 1.807) is 12.1 Å². The third-order valence-corrected chi connectivity index (χ3v) is 6.49. The summed E-state index contributed by atoms with van der Waals surface area (Å²) in [5.74, 6) is 1.13. The van der Waals surface area contributed by atoms with E-state index < -0.39 is 10.0 Å². The third kappa shape index (κ3) is 5.85. The van der Waals surface area contributed by atoms with Crippen molar-refractivity contribution in [2.75, 3.05) is 20.2 Å². The molecular weight excluding hydrogens is 412 g/mol. The van der Waals surface area contributed by atoms with Crippen LogP contribution in [0, 0.1) is 0 Å². The maximum Gasteiger partial charge on any atom is 0.244 e. The Morgan fingerprint density at radius 2 is 1.93 bits per heavy atom. The lowest BCUT2D eigenvalue weighted by Crippen LogP contribution is -2.37. The van der Waals surface area contributed by atoms with E-state index in [1.165, 1.54) is 18.7 Å². The minimum absolute atomic E-state index is 0.0618. The second-order valence-electron chi connectivity index (χ2n) is 7.45. The lowest BCUT2D eigenvalue weighted by atomic mass is 10.2. The zero-order valence-corrected chi connectivity index (χ0v) is 18.5. The molecule has 2 aromatic rings. The number of hydrogen-bond acceptors (Lipinski definition) is 5. The highest BCUT2D eigenvalue weighted by atomic mass is 35.5. The first-order valence-electron chi connectivity index (χ1n) is 9.60. The quantitative estimate of drug-likeness (QED) is 0.680. The number of sulfonamides is 1. The molecule has 1 unspecified atom stereocenters. The van der Waals surface area contributed by atoms with Crippen molar-refractivity contribution in [2.24, 2.45) is 0 Å². The first-order valence-corrected chi connectivity index (χ1v) is 11.5. The standard InChI is InChI=1S/C21H27ClN2O4S/c1-15(2)28-19-7-4-16(5-8-19)13-24-11-10-18(14-24)23-29(25,26)21-12-17(22)6-9-20(21)27-3/h4-9,12,15,18,23H,10-11,13-14H2,1-3H3. The van der Waals surface area contributed by atoms with Gasteiger partial charge in [-0.15, -0.1) is 0 Å². The Hall–Kier alpha value is -1.80. The van der Waals surface area contributed by atoms with Crippen molar-refractivity contribution in [3.05, 3.63) is 53.1 Å². The number of rotatable bonds is 8. The minimum atomic E-state index is -3.73. The van der Waals surface area contributed by atoms with Crippen molar-refractivity contribution in [1.82, 2.24) is 9.62 Å². The lowest BCUT2D eigenvalue weighted by molar-refractivity contribution is 0.242. The Kier molecular flexibility index (Phi) is 7.05. The van der Waals surface area contributed by atoms with Crippen LogP contribution < -0.4 is 14.2 Å². The van der Waals surface area contributed by atoms with Gasteiger partial charge in [-0.1, -0.05) is 23.7 Å². The van der Waals surface area contributed by atoms with E-state index in [0.29, 0.717) is 11.6 Å². The molecule has 8 heteroatoms. The average Bonchev–Trinajstić information content (AvgIpc) is 3.09. The van der Waals surface area contributed by atoms with Gasteiger partial charge in [-0.2, -0.15) is 0 Å². The van der Waals surface area contributed by atoms with E-state index >= 15 is 0 Å². The second-order valence-corrected chi connectivity index (χ2v) is 9.57. The summed E-state index contributed by atoms with van der Waals surface area (Å²) < 4.78 is 39.3. The number of likely N-dealkylation sites (tertiary alicyclic amines) is 1. The van der Waals surface area contributed by atoms with E-state index in [9.17, 15) is 8.42 Å². The van der Waals surface area contributed by atoms with Crippen LogP contribution in [0.15, 0.2) is 47.4 Å². The van der Waals surface area contributed by atoms with Gasteiger partial charge < -0.3 is 9.47 Å². The molecule has 158 valence electrons. The molecule has 1 heterocycles. The van der Waals surface area contributed by atoms with Gasteiger partial charge in [0.25, 0.3) is 0 Å². The number of hydrogen-bond donors (Lipinski definition) is 1. The SMILES string of the molecule is COc1ccc(Cl)cc1S(=O)(=O)NC1CCN(Cc2ccc(OC(C)C)cc2)C1. The van der Waals surface area contributed by atoms with E-state index in [1.807, 2.05) is 38.1 Å². The predicted molar refractivity (Wildman–Crippen MR) is 114 cm³/mol. The Morgan fingerprint density at radius 3 is 2.59 bits per heavy atom. The maximum atomic E-state index is 12.8. The first-order chi connectivity index (χ1) is 13.8. The van der Waals surface area contributed by atoms with Crippen LogP contribution in [0.2, 0.25) is 5.02 Å². The van der Waals surface area contributed by atoms with Gasteiger partial charge in [-0.05, 0) is 56.2 Å². The van der Waals surface area contributed by atoms with Gasteiger partial charge >= 0.3 is 0 Å². The van der Waals surface area contributed by atoms with Crippen LogP contribution in [0.4, 0.5) is 0 Å². The summed E-state index contributed by atoms with van der Waals surface area (Å²) in [6.45, 7) is 6.23. The maximum absolute atomic E-state index is 12.8. The molecule has 0 radical (unpaired) electrons. The van der Waals surface area contributed by atoms with Gasteiger partial charge in [0.15, 0.2) is 0 Å². The molecule has 0 bridgehead atoms. The fourth-order valence-electron chi connectivity index (χ4n) is 3.42. The zero-order valence-electron chi connectivity index (χ0n) is 16.9. The largest absolute Gasteiger partial charge is 0.495 e. The zero-order chi connectivity index (χ0) is 21.0. The van der Waals surface area contributed by atoms with Crippen molar-refractivity contribution in [2.45, 2.75) is 43.9 Å². The number of halogens is 1. The monoisotopic (exact) mass is 438 g/mol. The molecule has 0 saturated carbocycles. The molecule has 1 atom stereocenters. The van der Waals surface area contributed by atoms with Gasteiger partial charge in [-0.25, -0.2) is 13.1 Å². The van der Waals surface area contributed by atoms with Crippen molar-refractivity contribution >= 4 is 21.6 Å². The fourth-order valence-corrected chi connectivity index (χ4v) is 5.11. The Balaban J connectivity index is 1.60. The molecule has 0 aromatic heterocycles. The Morgan fingerprint density at radius 1 is 1.21 bits per heavy atom. The van der Waals surface area contributed by atoms with E-state index in [-0.39, 0.29) is 22.8 Å². The molecule has 1 aliphatic rings. The summed E-state index contributed by atoms with van der Waals surface area (Å²) >= 11 is 5.98. The molecule has 29 heavy (non-hydrogen) atoms. The van der Waals surface area contributed by atoms with Crippen molar-refractivity contribution < 1.29 is 17.9 Å². The average molecular weight is 439 g/mol. The third-order valence-electron chi connectivity index (χ3n) is 4.71. The first kappa shape index (κ1) is 21.9. The highest BCUT2D eigenvalue weighted by Crippen LogP contribution is 2.28. The number of nitrogens with zero attached hydrogens (tertiary/aromatic N) is 1. The smallest absolute Gasteiger partial charge is 0.244 e. The highest BCUT2D eigenvalue weighted by Gasteiger charge is 2.29. The van der Waals surface area contributed by atoms with Crippen molar-refractivity contribution in [1.29, 1.82) is 0 Å². The van der Waals surface area contributed by atoms with Crippen LogP contribution >= 0.6 is 11.6 Å². The number of nitrogens with one attached hydrogen (secondary N) is 1. The number of benzene rings is 2. The molecular formula is C21H27ClN2O4S. The van der Waals surface area contributed by atoms with E-state index in [0.717, 1.165) is 25.3 Å². The summed E-state index contributed by atoms with van der Waals surface area (Å²) in [5.41, 5.74) is 1.17. The van der Waals surface area contributed by atoms with Crippen LogP contribution in [0.25, 0.3) is 0 Å². The van der Waals surface area contributed by atoms with Gasteiger partial charge in [0, 0.05) is 30.7 Å². The van der Waals surface area contributed by atoms with Crippen LogP contribution in [0.1, 0.15) is 25.8 Å². The van der Waals surface area contributed by atoms with Gasteiger partial charge in [0.2, 0.25) is 10.0 Å². The van der Waals surface area contributed by atoms with E-state index in [2.05, 4.69) is 9.62 Å². The normalized spacial score (nSPS) is 17.6. The van der Waals surface area contributed by atoms with Crippen LogP contribution in [-0.4, -0.2) is 45.7 Å². The molecule has 1 saturated heterocycles. The summed E-state index contributed by atoms with van der Waals surface area (Å²) in [6, 6.07) is 12.5. The van der Waals surface area contributed by atoms with Crippen LogP contribution in [0.5, 0.6) is 11.5 Å². The van der Waals surface area contributed by atoms with Crippen LogP contribution in [0.3, 0.4) is 0 Å². The molecule has 3 rings (SSSR count). The molecule has 0 spiro atoms. The molecule has 2 aromatic carbocycles. The van der Waals surface area contributed by atoms with Gasteiger partial charge in [0.05, 0.1) is 13.2 Å². The topological polar surface area (TPSA) is 67.9 Å². The Bertz CT molecular complexity index is 932. The van der Waals surface area contributed by atoms with Gasteiger partial charge in [-0.3, -0.25) is 4.90 Å². The molecule has 0 amide bonds. The summed E-state index contributed by atoms with van der Waals surface area (Å²) in [4.78, 5) is 2.30. The fraction of sp³-hybridized carbons (Fsp3) is 0.429. The number of methoxy groups -OCH3 is 1. The molecule has 0 aliphatic carbocycles. The lowest BCUT2D eigenvalue weighted by Gasteiger charge is -2.18. The van der Waals surface area contributed by atoms with Gasteiger partial charge in [0.1, 0.15) is 16.4 Å². The summed E-state index contributed by atoms with van der Waals surface area (Å²) in [6.07, 6.45) is 0.891. The highest BCUT2D eigenvalue weighted by molar-refractivity contribution is 7.89. The minimum Gasteiger partial charge on any atom is -0.495 e. The molecule has 1 fully saturated rings. The Labute approximate surface area is 177 Å². The van der Waals surface area contributed by atoms with Crippen molar-refractivity contribution in [3.8, 4) is 11.5 Å². The summed E-state index contributed by atoms with van der Waals surface area (Å²) in [7, 11) is -2.28.